The van der Waals surface area contributed by atoms with Crippen molar-refractivity contribution in [3.05, 3.63) is 100 Å². The van der Waals surface area contributed by atoms with E-state index in [4.69, 9.17) is 16.3 Å². The summed E-state index contributed by atoms with van der Waals surface area (Å²) in [6.07, 6.45) is 0. The monoisotopic (exact) mass is 547 g/mol. The van der Waals surface area contributed by atoms with Gasteiger partial charge in [-0.15, -0.1) is 0 Å². The van der Waals surface area contributed by atoms with Crippen LogP contribution in [0, 0.1) is 0 Å². The highest BCUT2D eigenvalue weighted by molar-refractivity contribution is 6.53. The quantitative estimate of drug-likeness (QED) is 0.314. The molecule has 0 spiro atoms. The maximum absolute atomic E-state index is 13.0. The Morgan fingerprint density at radius 2 is 1.31 bits per heavy atom. The zero-order valence-electron chi connectivity index (χ0n) is 20.8. The Morgan fingerprint density at radius 1 is 0.769 bits per heavy atom. The van der Waals surface area contributed by atoms with Gasteiger partial charge in [0.1, 0.15) is 10.7 Å². The molecule has 0 saturated heterocycles. The van der Waals surface area contributed by atoms with Gasteiger partial charge in [0.25, 0.3) is 17.7 Å². The van der Waals surface area contributed by atoms with Crippen molar-refractivity contribution >= 4 is 58.3 Å². The zero-order chi connectivity index (χ0) is 28.1. The van der Waals surface area contributed by atoms with Gasteiger partial charge in [0.15, 0.2) is 0 Å². The average Bonchev–Trinajstić information content (AvgIpc) is 3.16. The number of ether oxygens (including phenoxy) is 2. The standard InChI is InChI=1S/C28H22ClN3O7/c1-3-39-28(37)18-8-14-21(15-9-18)32-25(34)22(29)23(26(32)35)30-19-10-4-16(5-11-19)24(33)31-20-12-6-17(7-13-20)27(36)38-2/h4-15,30H,3H2,1-2H3,(H,31,33). The molecule has 2 N–H and O–H groups in total. The van der Waals surface area contributed by atoms with E-state index in [1.54, 1.807) is 31.2 Å². The highest BCUT2D eigenvalue weighted by atomic mass is 35.5. The molecule has 3 amide bonds. The van der Waals surface area contributed by atoms with Crippen molar-refractivity contribution in [1.82, 2.24) is 0 Å². The molecule has 1 aliphatic heterocycles. The number of rotatable bonds is 8. The lowest BCUT2D eigenvalue weighted by atomic mass is 10.1. The fourth-order valence-corrected chi connectivity index (χ4v) is 3.88. The van der Waals surface area contributed by atoms with Crippen molar-refractivity contribution in [2.24, 2.45) is 0 Å². The van der Waals surface area contributed by atoms with Crippen molar-refractivity contribution in [3.63, 3.8) is 0 Å². The van der Waals surface area contributed by atoms with Crippen LogP contribution in [0.25, 0.3) is 0 Å². The minimum atomic E-state index is -0.720. The Bertz CT molecular complexity index is 1480. The molecule has 1 aliphatic rings. The predicted octanol–water partition coefficient (Wildman–Crippen LogP) is 4.34. The number of hydrogen-bond acceptors (Lipinski definition) is 8. The number of nitrogens with one attached hydrogen (secondary N) is 2. The number of imide groups is 1. The van der Waals surface area contributed by atoms with Crippen LogP contribution >= 0.6 is 11.6 Å². The van der Waals surface area contributed by atoms with Crippen LogP contribution < -0.4 is 15.5 Å². The van der Waals surface area contributed by atoms with Gasteiger partial charge in [-0.1, -0.05) is 11.6 Å². The summed E-state index contributed by atoms with van der Waals surface area (Å²) in [5.41, 5.74) is 1.97. The molecule has 3 aromatic rings. The second-order valence-corrected chi connectivity index (χ2v) is 8.51. The third-order valence-electron chi connectivity index (χ3n) is 5.64. The number of anilines is 3. The molecule has 0 aliphatic carbocycles. The normalized spacial score (nSPS) is 12.8. The Balaban J connectivity index is 1.42. The fraction of sp³-hybridized carbons (Fsp3) is 0.107. The van der Waals surface area contributed by atoms with E-state index in [-0.39, 0.29) is 28.6 Å². The lowest BCUT2D eigenvalue weighted by molar-refractivity contribution is -0.120. The molecule has 0 radical (unpaired) electrons. The zero-order valence-corrected chi connectivity index (χ0v) is 21.6. The van der Waals surface area contributed by atoms with Crippen LogP contribution in [0.5, 0.6) is 0 Å². The first-order valence-corrected chi connectivity index (χ1v) is 12.0. The molecule has 0 bridgehead atoms. The van der Waals surface area contributed by atoms with Crippen molar-refractivity contribution in [2.45, 2.75) is 6.92 Å². The van der Waals surface area contributed by atoms with Gasteiger partial charge in [0, 0.05) is 16.9 Å². The molecule has 0 unspecified atom stereocenters. The third-order valence-corrected chi connectivity index (χ3v) is 5.99. The molecule has 3 aromatic carbocycles. The van der Waals surface area contributed by atoms with Crippen LogP contribution in [0.4, 0.5) is 17.1 Å². The van der Waals surface area contributed by atoms with Crippen LogP contribution in [-0.4, -0.2) is 43.4 Å². The summed E-state index contributed by atoms with van der Waals surface area (Å²) in [7, 11) is 1.28. The van der Waals surface area contributed by atoms with Crippen LogP contribution in [-0.2, 0) is 19.1 Å². The number of benzene rings is 3. The first kappa shape index (κ1) is 27.1. The van der Waals surface area contributed by atoms with Crippen molar-refractivity contribution < 1.29 is 33.4 Å². The van der Waals surface area contributed by atoms with Crippen LogP contribution in [0.1, 0.15) is 38.0 Å². The van der Waals surface area contributed by atoms with Gasteiger partial charge >= 0.3 is 11.9 Å². The lowest BCUT2D eigenvalue weighted by Gasteiger charge is -2.15. The summed E-state index contributed by atoms with van der Waals surface area (Å²) in [5, 5.41) is 5.26. The first-order valence-electron chi connectivity index (χ1n) is 11.7. The topological polar surface area (TPSA) is 131 Å². The first-order chi connectivity index (χ1) is 18.7. The molecule has 198 valence electrons. The molecule has 0 saturated carbocycles. The van der Waals surface area contributed by atoms with E-state index in [9.17, 15) is 24.0 Å². The number of halogens is 1. The van der Waals surface area contributed by atoms with Crippen molar-refractivity contribution in [2.75, 3.05) is 29.3 Å². The van der Waals surface area contributed by atoms with Gasteiger partial charge in [-0.05, 0) is 79.7 Å². The summed E-state index contributed by atoms with van der Waals surface area (Å²) in [4.78, 5) is 62.7. The van der Waals surface area contributed by atoms with E-state index >= 15 is 0 Å². The highest BCUT2D eigenvalue weighted by Gasteiger charge is 2.39. The van der Waals surface area contributed by atoms with Crippen LogP contribution in [0.3, 0.4) is 0 Å². The number of amides is 3. The molecule has 11 heteroatoms. The number of nitrogens with zero attached hydrogens (tertiary/aromatic N) is 1. The molecule has 39 heavy (non-hydrogen) atoms. The van der Waals surface area contributed by atoms with E-state index in [0.717, 1.165) is 4.90 Å². The summed E-state index contributed by atoms with van der Waals surface area (Å²) in [5.74, 6) is -2.79. The van der Waals surface area contributed by atoms with E-state index in [0.29, 0.717) is 22.5 Å². The van der Waals surface area contributed by atoms with Crippen LogP contribution in [0.15, 0.2) is 83.5 Å². The van der Waals surface area contributed by atoms with Gasteiger partial charge in [0.2, 0.25) is 0 Å². The molecule has 0 fully saturated rings. The molecule has 0 aromatic heterocycles. The van der Waals surface area contributed by atoms with E-state index in [2.05, 4.69) is 15.4 Å². The van der Waals surface area contributed by atoms with Gasteiger partial charge < -0.3 is 20.1 Å². The van der Waals surface area contributed by atoms with Gasteiger partial charge in [-0.2, -0.15) is 0 Å². The second kappa shape index (κ2) is 11.6. The smallest absolute Gasteiger partial charge is 0.338 e. The SMILES string of the molecule is CCOC(=O)c1ccc(N2C(=O)C(Cl)=C(Nc3ccc(C(=O)Nc4ccc(C(=O)OC)cc4)cc3)C2=O)cc1. The second-order valence-electron chi connectivity index (χ2n) is 8.13. The summed E-state index contributed by atoms with van der Waals surface area (Å²) >= 11 is 6.19. The lowest BCUT2D eigenvalue weighted by Crippen LogP contribution is -2.32. The molecule has 0 atom stereocenters. The number of esters is 2. The molecule has 1 heterocycles. The Labute approximate surface area is 228 Å². The summed E-state index contributed by atoms with van der Waals surface area (Å²) in [6.45, 7) is 1.91. The van der Waals surface area contributed by atoms with E-state index in [1.807, 2.05) is 0 Å². The molecular formula is C28H22ClN3O7. The van der Waals surface area contributed by atoms with E-state index in [1.165, 1.54) is 55.6 Å². The summed E-state index contributed by atoms with van der Waals surface area (Å²) < 4.78 is 9.59. The number of methoxy groups -OCH3 is 1. The van der Waals surface area contributed by atoms with Crippen LogP contribution in [0.2, 0.25) is 0 Å². The molecule has 10 nitrogen and oxygen atoms in total. The average molecular weight is 548 g/mol. The van der Waals surface area contributed by atoms with Crippen molar-refractivity contribution in [3.8, 4) is 0 Å². The van der Waals surface area contributed by atoms with Gasteiger partial charge in [-0.25, -0.2) is 14.5 Å². The number of carbonyl (C=O) groups excluding carboxylic acids is 5. The number of carbonyl (C=O) groups is 5. The summed E-state index contributed by atoms with van der Waals surface area (Å²) in [6, 6.07) is 18.2. The van der Waals surface area contributed by atoms with Crippen molar-refractivity contribution in [1.29, 1.82) is 0 Å². The van der Waals surface area contributed by atoms with E-state index < -0.39 is 29.7 Å². The molecular weight excluding hydrogens is 526 g/mol. The van der Waals surface area contributed by atoms with Gasteiger partial charge in [-0.3, -0.25) is 14.4 Å². The molecule has 4 rings (SSSR count). The maximum atomic E-state index is 13.0. The highest BCUT2D eigenvalue weighted by Crippen LogP contribution is 2.30. The Morgan fingerprint density at radius 3 is 1.90 bits per heavy atom. The van der Waals surface area contributed by atoms with Gasteiger partial charge in [0.05, 0.1) is 30.5 Å². The number of hydrogen-bond donors (Lipinski definition) is 2. The fourth-order valence-electron chi connectivity index (χ4n) is 3.67. The largest absolute Gasteiger partial charge is 0.465 e. The third kappa shape index (κ3) is 5.81. The Hall–Kier alpha value is -4.96. The predicted molar refractivity (Wildman–Crippen MR) is 144 cm³/mol. The minimum Gasteiger partial charge on any atom is -0.465 e. The Kier molecular flexibility index (Phi) is 8.07. The minimum absolute atomic E-state index is 0.126. The maximum Gasteiger partial charge on any atom is 0.338 e.